The average Bonchev–Trinajstić information content (AvgIpc) is 2.60. The summed E-state index contributed by atoms with van der Waals surface area (Å²) < 4.78 is 0. The zero-order valence-corrected chi connectivity index (χ0v) is 15.8. The van der Waals surface area contributed by atoms with Crippen LogP contribution >= 0.6 is 0 Å². The minimum atomic E-state index is -0.267. The van der Waals surface area contributed by atoms with Crippen LogP contribution in [0.1, 0.15) is 55.6 Å². The van der Waals surface area contributed by atoms with Crippen LogP contribution in [0.15, 0.2) is 48.5 Å². The molecule has 0 radical (unpaired) electrons. The molecule has 0 spiro atoms. The minimum Gasteiger partial charge on any atom is -0.345 e. The van der Waals surface area contributed by atoms with Crippen LogP contribution in [0, 0.1) is 0 Å². The first-order valence-electron chi connectivity index (χ1n) is 8.95. The highest BCUT2D eigenvalue weighted by Gasteiger charge is 2.16. The summed E-state index contributed by atoms with van der Waals surface area (Å²) in [5, 5.41) is 8.35. The van der Waals surface area contributed by atoms with E-state index in [9.17, 15) is 14.4 Å². The van der Waals surface area contributed by atoms with Gasteiger partial charge >= 0.3 is 0 Å². The molecule has 2 aromatic rings. The fourth-order valence-corrected chi connectivity index (χ4v) is 2.85. The van der Waals surface area contributed by atoms with Crippen molar-refractivity contribution in [3.63, 3.8) is 0 Å². The second kappa shape index (κ2) is 9.52. The fourth-order valence-electron chi connectivity index (χ4n) is 2.85. The summed E-state index contributed by atoms with van der Waals surface area (Å²) in [5.74, 6) is -0.778. The van der Waals surface area contributed by atoms with Crippen molar-refractivity contribution in [3.8, 4) is 0 Å². The van der Waals surface area contributed by atoms with E-state index in [1.165, 1.54) is 13.8 Å². The topological polar surface area (TPSA) is 87.3 Å². The fraction of sp³-hybridized carbons (Fsp3) is 0.286. The van der Waals surface area contributed by atoms with E-state index in [2.05, 4.69) is 22.9 Å². The van der Waals surface area contributed by atoms with E-state index in [-0.39, 0.29) is 23.8 Å². The zero-order chi connectivity index (χ0) is 19.8. The van der Waals surface area contributed by atoms with E-state index in [4.69, 9.17) is 0 Å². The third kappa shape index (κ3) is 6.26. The van der Waals surface area contributed by atoms with Crippen LogP contribution in [0.2, 0.25) is 0 Å². The van der Waals surface area contributed by atoms with E-state index >= 15 is 0 Å². The highest BCUT2D eigenvalue weighted by molar-refractivity contribution is 6.00. The first-order valence-corrected chi connectivity index (χ1v) is 8.95. The van der Waals surface area contributed by atoms with Crippen molar-refractivity contribution >= 4 is 29.1 Å². The van der Waals surface area contributed by atoms with Crippen molar-refractivity contribution in [2.75, 3.05) is 10.6 Å². The van der Waals surface area contributed by atoms with Crippen molar-refractivity contribution in [1.82, 2.24) is 5.32 Å². The average molecular weight is 367 g/mol. The minimum absolute atomic E-state index is 0.114. The number of amides is 3. The van der Waals surface area contributed by atoms with Gasteiger partial charge in [0.25, 0.3) is 5.91 Å². The summed E-state index contributed by atoms with van der Waals surface area (Å²) in [4.78, 5) is 35.6. The predicted molar refractivity (Wildman–Crippen MR) is 107 cm³/mol. The molecular weight excluding hydrogens is 342 g/mol. The van der Waals surface area contributed by atoms with Crippen LogP contribution < -0.4 is 16.0 Å². The second-order valence-corrected chi connectivity index (χ2v) is 6.39. The number of carbonyl (C=O) groups excluding carboxylic acids is 3. The molecule has 6 nitrogen and oxygen atoms in total. The molecule has 0 aliphatic rings. The molecule has 1 atom stereocenters. The van der Waals surface area contributed by atoms with Crippen molar-refractivity contribution in [3.05, 3.63) is 59.7 Å². The first-order chi connectivity index (χ1) is 12.9. The van der Waals surface area contributed by atoms with Gasteiger partial charge in [-0.15, -0.1) is 0 Å². The summed E-state index contributed by atoms with van der Waals surface area (Å²) in [5.41, 5.74) is 2.30. The van der Waals surface area contributed by atoms with Crippen molar-refractivity contribution in [2.45, 2.75) is 39.7 Å². The number of hydrogen-bond donors (Lipinski definition) is 3. The maximum absolute atomic E-state index is 12.8. The molecule has 0 aliphatic heterocycles. The number of carbonyl (C=O) groups is 3. The lowest BCUT2D eigenvalue weighted by molar-refractivity contribution is -0.115. The molecule has 3 amide bonds. The van der Waals surface area contributed by atoms with Crippen molar-refractivity contribution < 1.29 is 14.4 Å². The van der Waals surface area contributed by atoms with Gasteiger partial charge in [-0.1, -0.05) is 43.7 Å². The number of anilines is 2. The van der Waals surface area contributed by atoms with Crippen molar-refractivity contribution in [1.29, 1.82) is 0 Å². The summed E-state index contributed by atoms with van der Waals surface area (Å²) in [6.45, 7) is 4.84. The first kappa shape index (κ1) is 20.2. The molecule has 2 rings (SSSR count). The van der Waals surface area contributed by atoms with Gasteiger partial charge < -0.3 is 16.0 Å². The Bertz CT molecular complexity index is 784. The van der Waals surface area contributed by atoms with E-state index in [0.29, 0.717) is 16.9 Å². The molecule has 1 unspecified atom stereocenters. The Labute approximate surface area is 159 Å². The smallest absolute Gasteiger partial charge is 0.251 e. The summed E-state index contributed by atoms with van der Waals surface area (Å²) >= 11 is 0. The number of hydrogen-bond acceptors (Lipinski definition) is 3. The lowest BCUT2D eigenvalue weighted by atomic mass is 10.0. The van der Waals surface area contributed by atoms with Gasteiger partial charge in [0.05, 0.1) is 6.04 Å². The standard InChI is InChI=1S/C21H25N3O3/c1-4-8-20(16-9-6-5-7-10-16)24-21(27)17-11-18(22-14(2)25)13-19(12-17)23-15(3)26/h5-7,9-13,20H,4,8H2,1-3H3,(H,22,25)(H,23,26)(H,24,27). The highest BCUT2D eigenvalue weighted by atomic mass is 16.2. The van der Waals surface area contributed by atoms with Gasteiger partial charge in [0.15, 0.2) is 0 Å². The molecule has 0 fully saturated rings. The van der Waals surface area contributed by atoms with E-state index in [0.717, 1.165) is 18.4 Å². The van der Waals surface area contributed by atoms with Crippen LogP contribution in [0.25, 0.3) is 0 Å². The maximum atomic E-state index is 12.8. The molecule has 0 saturated heterocycles. The largest absolute Gasteiger partial charge is 0.345 e. The molecule has 0 saturated carbocycles. The second-order valence-electron chi connectivity index (χ2n) is 6.39. The molecule has 0 aromatic heterocycles. The Morgan fingerprint density at radius 2 is 1.44 bits per heavy atom. The SMILES string of the molecule is CCCC(NC(=O)c1cc(NC(C)=O)cc(NC(C)=O)c1)c1ccccc1. The summed E-state index contributed by atoms with van der Waals surface area (Å²) in [6.07, 6.45) is 1.72. The molecule has 6 heteroatoms. The van der Waals surface area contributed by atoms with Gasteiger partial charge in [-0.2, -0.15) is 0 Å². The maximum Gasteiger partial charge on any atom is 0.251 e. The quantitative estimate of drug-likeness (QED) is 0.694. The van der Waals surface area contributed by atoms with Gasteiger partial charge in [0.2, 0.25) is 11.8 Å². The lowest BCUT2D eigenvalue weighted by Crippen LogP contribution is -2.28. The molecule has 0 bridgehead atoms. The monoisotopic (exact) mass is 367 g/mol. The van der Waals surface area contributed by atoms with Gasteiger partial charge in [0.1, 0.15) is 0 Å². The molecule has 0 heterocycles. The van der Waals surface area contributed by atoms with Gasteiger partial charge in [-0.25, -0.2) is 0 Å². The Hall–Kier alpha value is -3.15. The summed E-state index contributed by atoms with van der Waals surface area (Å²) in [7, 11) is 0. The Morgan fingerprint density at radius 3 is 1.93 bits per heavy atom. The third-order valence-corrected chi connectivity index (χ3v) is 3.92. The van der Waals surface area contributed by atoms with E-state index < -0.39 is 0 Å². The normalized spacial score (nSPS) is 11.4. The number of benzene rings is 2. The van der Waals surface area contributed by atoms with Crippen LogP contribution in [0.5, 0.6) is 0 Å². The van der Waals surface area contributed by atoms with E-state index in [1.807, 2.05) is 30.3 Å². The Balaban J connectivity index is 2.29. The lowest BCUT2D eigenvalue weighted by Gasteiger charge is -2.19. The molecule has 27 heavy (non-hydrogen) atoms. The molecule has 3 N–H and O–H groups in total. The van der Waals surface area contributed by atoms with Gasteiger partial charge in [-0.3, -0.25) is 14.4 Å². The molecular formula is C21H25N3O3. The zero-order valence-electron chi connectivity index (χ0n) is 15.8. The van der Waals surface area contributed by atoms with Crippen LogP contribution in [-0.2, 0) is 9.59 Å². The van der Waals surface area contributed by atoms with Gasteiger partial charge in [0, 0.05) is 30.8 Å². The molecule has 2 aromatic carbocycles. The van der Waals surface area contributed by atoms with E-state index in [1.54, 1.807) is 18.2 Å². The molecule has 0 aliphatic carbocycles. The Morgan fingerprint density at radius 1 is 0.889 bits per heavy atom. The van der Waals surface area contributed by atoms with Crippen molar-refractivity contribution in [2.24, 2.45) is 0 Å². The number of rotatable bonds is 7. The van der Waals surface area contributed by atoms with Crippen LogP contribution in [0.4, 0.5) is 11.4 Å². The van der Waals surface area contributed by atoms with Gasteiger partial charge in [-0.05, 0) is 30.2 Å². The highest BCUT2D eigenvalue weighted by Crippen LogP contribution is 2.22. The predicted octanol–water partition coefficient (Wildman–Crippen LogP) is 3.87. The molecule has 142 valence electrons. The number of nitrogens with one attached hydrogen (secondary N) is 3. The van der Waals surface area contributed by atoms with Crippen LogP contribution in [-0.4, -0.2) is 17.7 Å². The third-order valence-electron chi connectivity index (χ3n) is 3.92. The Kier molecular flexibility index (Phi) is 7.11. The van der Waals surface area contributed by atoms with Crippen LogP contribution in [0.3, 0.4) is 0 Å². The summed E-state index contributed by atoms with van der Waals surface area (Å²) in [6, 6.07) is 14.5.